The van der Waals surface area contributed by atoms with E-state index < -0.39 is 5.97 Å². The molecule has 1 aromatic heterocycles. The molecule has 0 amide bonds. The van der Waals surface area contributed by atoms with E-state index in [9.17, 15) is 4.79 Å². The zero-order chi connectivity index (χ0) is 16.1. The number of ether oxygens (including phenoxy) is 1. The molecule has 0 unspecified atom stereocenters. The van der Waals surface area contributed by atoms with Crippen LogP contribution in [0, 0.1) is 6.92 Å². The summed E-state index contributed by atoms with van der Waals surface area (Å²) >= 11 is 0. The third kappa shape index (κ3) is 4.18. The third-order valence-electron chi connectivity index (χ3n) is 2.88. The number of hydrogen-bond donors (Lipinski definition) is 2. The molecule has 0 fully saturated rings. The zero-order valence-corrected chi connectivity index (χ0v) is 12.8. The molecule has 1 aromatic carbocycles. The molecule has 0 saturated carbocycles. The van der Waals surface area contributed by atoms with Crippen LogP contribution in [0.15, 0.2) is 30.5 Å². The predicted molar refractivity (Wildman–Crippen MR) is 83.3 cm³/mol. The Morgan fingerprint density at radius 2 is 2.00 bits per heavy atom. The van der Waals surface area contributed by atoms with Crippen LogP contribution in [-0.2, 0) is 6.61 Å². The van der Waals surface area contributed by atoms with E-state index in [4.69, 9.17) is 9.84 Å². The zero-order valence-electron chi connectivity index (χ0n) is 12.8. The highest BCUT2D eigenvalue weighted by Crippen LogP contribution is 2.16. The lowest BCUT2D eigenvalue weighted by Gasteiger charge is -2.13. The summed E-state index contributed by atoms with van der Waals surface area (Å²) in [4.78, 5) is 19.5. The van der Waals surface area contributed by atoms with Crippen molar-refractivity contribution in [3.05, 3.63) is 47.4 Å². The number of nitrogens with one attached hydrogen (secondary N) is 1. The van der Waals surface area contributed by atoms with Gasteiger partial charge in [-0.05, 0) is 32.9 Å². The van der Waals surface area contributed by atoms with Crippen LogP contribution in [0.5, 0.6) is 5.75 Å². The standard InChI is InChI=1S/C16H19N3O3/c1-10(2)18-15-13(16(20)21)8-17-14(19-15)9-22-12-6-4-11(3)5-7-12/h4-8,10H,9H2,1-3H3,(H,20,21)(H,17,18,19). The Morgan fingerprint density at radius 3 is 2.59 bits per heavy atom. The van der Waals surface area contributed by atoms with Crippen molar-refractivity contribution >= 4 is 11.8 Å². The Balaban J connectivity index is 2.13. The van der Waals surface area contributed by atoms with Gasteiger partial charge in [0.1, 0.15) is 23.7 Å². The molecule has 2 N–H and O–H groups in total. The summed E-state index contributed by atoms with van der Waals surface area (Å²) < 4.78 is 5.61. The van der Waals surface area contributed by atoms with Crippen molar-refractivity contribution in [3.63, 3.8) is 0 Å². The van der Waals surface area contributed by atoms with Crippen LogP contribution in [-0.4, -0.2) is 27.1 Å². The van der Waals surface area contributed by atoms with Crippen molar-refractivity contribution in [2.24, 2.45) is 0 Å². The second-order valence-corrected chi connectivity index (χ2v) is 5.25. The fraction of sp³-hybridized carbons (Fsp3) is 0.312. The van der Waals surface area contributed by atoms with E-state index in [1.54, 1.807) is 0 Å². The number of aromatic carboxylic acids is 1. The number of anilines is 1. The maximum absolute atomic E-state index is 11.2. The van der Waals surface area contributed by atoms with Gasteiger partial charge in [-0.25, -0.2) is 14.8 Å². The van der Waals surface area contributed by atoms with Crippen LogP contribution in [0.3, 0.4) is 0 Å². The molecule has 6 nitrogen and oxygen atoms in total. The lowest BCUT2D eigenvalue weighted by atomic mass is 10.2. The summed E-state index contributed by atoms with van der Waals surface area (Å²) in [6.07, 6.45) is 1.30. The quantitative estimate of drug-likeness (QED) is 0.853. The molecule has 2 rings (SSSR count). The molecule has 0 saturated heterocycles. The molecule has 0 bridgehead atoms. The monoisotopic (exact) mass is 301 g/mol. The van der Waals surface area contributed by atoms with E-state index in [0.717, 1.165) is 11.3 Å². The van der Waals surface area contributed by atoms with Gasteiger partial charge in [0, 0.05) is 12.2 Å². The maximum Gasteiger partial charge on any atom is 0.341 e. The molecule has 0 radical (unpaired) electrons. The summed E-state index contributed by atoms with van der Waals surface area (Å²) in [7, 11) is 0. The van der Waals surface area contributed by atoms with E-state index in [-0.39, 0.29) is 18.2 Å². The average molecular weight is 301 g/mol. The lowest BCUT2D eigenvalue weighted by Crippen LogP contribution is -2.17. The lowest BCUT2D eigenvalue weighted by molar-refractivity contribution is 0.0697. The van der Waals surface area contributed by atoms with E-state index in [0.29, 0.717) is 11.6 Å². The summed E-state index contributed by atoms with van der Waals surface area (Å²) in [5, 5.41) is 12.2. The van der Waals surface area contributed by atoms with Crippen LogP contribution >= 0.6 is 0 Å². The summed E-state index contributed by atoms with van der Waals surface area (Å²) in [5.41, 5.74) is 1.20. The van der Waals surface area contributed by atoms with Crippen LogP contribution in [0.2, 0.25) is 0 Å². The van der Waals surface area contributed by atoms with Crippen molar-refractivity contribution in [1.29, 1.82) is 0 Å². The molecule has 6 heteroatoms. The van der Waals surface area contributed by atoms with E-state index in [1.807, 2.05) is 45.0 Å². The number of nitrogens with zero attached hydrogens (tertiary/aromatic N) is 2. The smallest absolute Gasteiger partial charge is 0.341 e. The number of carbonyl (C=O) groups is 1. The Morgan fingerprint density at radius 1 is 1.32 bits per heavy atom. The molecular weight excluding hydrogens is 282 g/mol. The maximum atomic E-state index is 11.2. The van der Waals surface area contributed by atoms with Gasteiger partial charge in [0.2, 0.25) is 0 Å². The Hall–Kier alpha value is -2.63. The normalized spacial score (nSPS) is 10.5. The number of aromatic nitrogens is 2. The first-order chi connectivity index (χ1) is 10.5. The molecular formula is C16H19N3O3. The first kappa shape index (κ1) is 15.8. The second-order valence-electron chi connectivity index (χ2n) is 5.25. The molecule has 116 valence electrons. The summed E-state index contributed by atoms with van der Waals surface area (Å²) in [5.74, 6) is 0.387. The van der Waals surface area contributed by atoms with Crippen LogP contribution in [0.1, 0.15) is 35.6 Å². The van der Waals surface area contributed by atoms with Crippen LogP contribution < -0.4 is 10.1 Å². The topological polar surface area (TPSA) is 84.3 Å². The van der Waals surface area contributed by atoms with Gasteiger partial charge in [0.15, 0.2) is 5.82 Å². The SMILES string of the molecule is Cc1ccc(OCc2ncc(C(=O)O)c(NC(C)C)n2)cc1. The molecule has 0 atom stereocenters. The Kier molecular flexibility index (Phi) is 4.93. The van der Waals surface area contributed by atoms with E-state index >= 15 is 0 Å². The van der Waals surface area contributed by atoms with Crippen molar-refractivity contribution in [1.82, 2.24) is 9.97 Å². The minimum Gasteiger partial charge on any atom is -0.486 e. The van der Waals surface area contributed by atoms with Crippen molar-refractivity contribution < 1.29 is 14.6 Å². The van der Waals surface area contributed by atoms with E-state index in [1.165, 1.54) is 6.20 Å². The third-order valence-corrected chi connectivity index (χ3v) is 2.88. The first-order valence-electron chi connectivity index (χ1n) is 7.01. The summed E-state index contributed by atoms with van der Waals surface area (Å²) in [6.45, 7) is 6.00. The first-order valence-corrected chi connectivity index (χ1v) is 7.01. The van der Waals surface area contributed by atoms with Gasteiger partial charge in [-0.2, -0.15) is 0 Å². The molecule has 1 heterocycles. The minimum atomic E-state index is -1.06. The minimum absolute atomic E-state index is 0.0489. The predicted octanol–water partition coefficient (Wildman–Crippen LogP) is 2.88. The number of hydrogen-bond acceptors (Lipinski definition) is 5. The largest absolute Gasteiger partial charge is 0.486 e. The molecule has 22 heavy (non-hydrogen) atoms. The molecule has 0 aliphatic carbocycles. The van der Waals surface area contributed by atoms with Gasteiger partial charge in [0.05, 0.1) is 0 Å². The van der Waals surface area contributed by atoms with Crippen LogP contribution in [0.4, 0.5) is 5.82 Å². The molecule has 0 aliphatic heterocycles. The van der Waals surface area contributed by atoms with Gasteiger partial charge in [-0.3, -0.25) is 0 Å². The van der Waals surface area contributed by atoms with Gasteiger partial charge in [-0.15, -0.1) is 0 Å². The van der Waals surface area contributed by atoms with Gasteiger partial charge in [0.25, 0.3) is 0 Å². The molecule has 2 aromatic rings. The van der Waals surface area contributed by atoms with E-state index in [2.05, 4.69) is 15.3 Å². The van der Waals surface area contributed by atoms with Crippen molar-refractivity contribution in [3.8, 4) is 5.75 Å². The average Bonchev–Trinajstić information content (AvgIpc) is 2.46. The number of benzene rings is 1. The van der Waals surface area contributed by atoms with Gasteiger partial charge >= 0.3 is 5.97 Å². The Bertz CT molecular complexity index is 654. The number of aryl methyl sites for hydroxylation is 1. The van der Waals surface area contributed by atoms with Gasteiger partial charge in [-0.1, -0.05) is 17.7 Å². The number of carboxylic acid groups (broad SMARTS) is 1. The highest BCUT2D eigenvalue weighted by molar-refractivity contribution is 5.92. The van der Waals surface area contributed by atoms with Crippen LogP contribution in [0.25, 0.3) is 0 Å². The van der Waals surface area contributed by atoms with Crippen molar-refractivity contribution in [2.75, 3.05) is 5.32 Å². The fourth-order valence-electron chi connectivity index (χ4n) is 1.81. The molecule has 0 spiro atoms. The second kappa shape index (κ2) is 6.89. The Labute approximate surface area is 129 Å². The molecule has 0 aliphatic rings. The highest BCUT2D eigenvalue weighted by Gasteiger charge is 2.14. The fourth-order valence-corrected chi connectivity index (χ4v) is 1.81. The summed E-state index contributed by atoms with van der Waals surface area (Å²) in [6, 6.07) is 7.71. The van der Waals surface area contributed by atoms with Crippen molar-refractivity contribution in [2.45, 2.75) is 33.4 Å². The van der Waals surface area contributed by atoms with Gasteiger partial charge < -0.3 is 15.2 Å². The number of rotatable bonds is 6. The highest BCUT2D eigenvalue weighted by atomic mass is 16.5. The number of carboxylic acids is 1.